The van der Waals surface area contributed by atoms with Crippen molar-refractivity contribution in [3.63, 3.8) is 0 Å². The minimum Gasteiger partial charge on any atom is -0.338 e. The number of aromatic nitrogens is 2. The minimum absolute atomic E-state index is 0.326. The van der Waals surface area contributed by atoms with Crippen molar-refractivity contribution in [2.24, 2.45) is 12.9 Å². The first-order valence-electron chi connectivity index (χ1n) is 7.17. The molecule has 1 atom stereocenters. The number of imidazole rings is 1. The summed E-state index contributed by atoms with van der Waals surface area (Å²) in [4.78, 5) is 4.35. The predicted molar refractivity (Wildman–Crippen MR) is 82.1 cm³/mol. The number of hydrazine groups is 1. The molecule has 4 nitrogen and oxygen atoms in total. The van der Waals surface area contributed by atoms with Gasteiger partial charge < -0.3 is 4.57 Å². The van der Waals surface area contributed by atoms with Crippen LogP contribution in [0.5, 0.6) is 0 Å². The Labute approximate surface area is 121 Å². The molecule has 0 fully saturated rings. The van der Waals surface area contributed by atoms with Crippen LogP contribution in [0.3, 0.4) is 0 Å². The zero-order chi connectivity index (χ0) is 14.4. The molecule has 1 heterocycles. The molecule has 0 saturated carbocycles. The van der Waals surface area contributed by atoms with Gasteiger partial charge in [0.2, 0.25) is 0 Å². The summed E-state index contributed by atoms with van der Waals surface area (Å²) in [6.45, 7) is 2.13. The molecule has 0 amide bonds. The lowest BCUT2D eigenvalue weighted by atomic mass is 10.0. The zero-order valence-electron chi connectivity index (χ0n) is 12.3. The summed E-state index contributed by atoms with van der Waals surface area (Å²) in [5.74, 6) is 6.78. The second kappa shape index (κ2) is 7.22. The molecular formula is C16H24N4. The molecule has 0 aliphatic rings. The maximum Gasteiger partial charge on any atom is 0.108 e. The maximum atomic E-state index is 5.67. The number of hydrogen-bond donors (Lipinski definition) is 2. The number of nitrogens with two attached hydrogens (primary N) is 1. The van der Waals surface area contributed by atoms with Gasteiger partial charge in [0.25, 0.3) is 0 Å². The Morgan fingerprint density at radius 2 is 2.10 bits per heavy atom. The van der Waals surface area contributed by atoms with Gasteiger partial charge in [0.15, 0.2) is 0 Å². The van der Waals surface area contributed by atoms with E-state index in [-0.39, 0.29) is 0 Å². The van der Waals surface area contributed by atoms with Crippen molar-refractivity contribution in [2.45, 2.75) is 38.6 Å². The van der Waals surface area contributed by atoms with Crippen LogP contribution in [0.4, 0.5) is 0 Å². The zero-order valence-corrected chi connectivity index (χ0v) is 12.3. The first-order chi connectivity index (χ1) is 9.69. The van der Waals surface area contributed by atoms with E-state index in [9.17, 15) is 0 Å². The van der Waals surface area contributed by atoms with Crippen molar-refractivity contribution in [3.05, 3.63) is 53.6 Å². The number of hydrogen-bond acceptors (Lipinski definition) is 3. The van der Waals surface area contributed by atoms with Gasteiger partial charge in [-0.1, -0.05) is 29.8 Å². The van der Waals surface area contributed by atoms with Gasteiger partial charge in [-0.2, -0.15) is 0 Å². The SMILES string of the molecule is Cc1cccc(CCC(CCc2nccn2C)NN)c1. The molecule has 0 spiro atoms. The highest BCUT2D eigenvalue weighted by atomic mass is 15.2. The molecule has 2 aromatic rings. The van der Waals surface area contributed by atoms with Crippen molar-refractivity contribution in [3.8, 4) is 0 Å². The van der Waals surface area contributed by atoms with Gasteiger partial charge in [-0.05, 0) is 31.7 Å². The average Bonchev–Trinajstić information content (AvgIpc) is 2.85. The van der Waals surface area contributed by atoms with E-state index in [4.69, 9.17) is 5.84 Å². The van der Waals surface area contributed by atoms with Gasteiger partial charge in [0.1, 0.15) is 5.82 Å². The molecule has 20 heavy (non-hydrogen) atoms. The van der Waals surface area contributed by atoms with Gasteiger partial charge in [-0.15, -0.1) is 0 Å². The maximum absolute atomic E-state index is 5.67. The quantitative estimate of drug-likeness (QED) is 0.599. The van der Waals surface area contributed by atoms with E-state index < -0.39 is 0 Å². The molecule has 0 aliphatic heterocycles. The molecule has 108 valence electrons. The van der Waals surface area contributed by atoms with Gasteiger partial charge in [0, 0.05) is 31.9 Å². The van der Waals surface area contributed by atoms with Crippen LogP contribution >= 0.6 is 0 Å². The van der Waals surface area contributed by atoms with Crippen LogP contribution in [0.2, 0.25) is 0 Å². The Morgan fingerprint density at radius 3 is 2.75 bits per heavy atom. The van der Waals surface area contributed by atoms with Crippen LogP contribution in [0.15, 0.2) is 36.7 Å². The summed E-state index contributed by atoms with van der Waals surface area (Å²) in [5.41, 5.74) is 5.62. The number of nitrogens with one attached hydrogen (secondary N) is 1. The standard InChI is InChI=1S/C16H24N4/c1-13-4-3-5-14(12-13)6-7-15(19-17)8-9-16-18-10-11-20(16)2/h3-5,10-12,15,19H,6-9,17H2,1-2H3. The van der Waals surface area contributed by atoms with E-state index in [1.165, 1.54) is 11.1 Å². The molecule has 1 aromatic heterocycles. The molecule has 0 bridgehead atoms. The number of rotatable bonds is 7. The van der Waals surface area contributed by atoms with Crippen molar-refractivity contribution in [1.82, 2.24) is 15.0 Å². The van der Waals surface area contributed by atoms with Crippen LogP contribution in [-0.2, 0) is 19.9 Å². The van der Waals surface area contributed by atoms with E-state index in [0.717, 1.165) is 31.5 Å². The molecule has 0 aliphatic carbocycles. The van der Waals surface area contributed by atoms with Gasteiger partial charge in [-0.3, -0.25) is 11.3 Å². The van der Waals surface area contributed by atoms with Crippen molar-refractivity contribution in [1.29, 1.82) is 0 Å². The second-order valence-corrected chi connectivity index (χ2v) is 5.38. The highest BCUT2D eigenvalue weighted by molar-refractivity contribution is 5.22. The van der Waals surface area contributed by atoms with E-state index in [1.54, 1.807) is 0 Å². The topological polar surface area (TPSA) is 55.9 Å². The summed E-state index contributed by atoms with van der Waals surface area (Å²) in [7, 11) is 2.03. The predicted octanol–water partition coefficient (Wildman–Crippen LogP) is 2.13. The lowest BCUT2D eigenvalue weighted by Gasteiger charge is -2.15. The summed E-state index contributed by atoms with van der Waals surface area (Å²) in [6, 6.07) is 8.99. The molecule has 3 N–H and O–H groups in total. The molecule has 1 unspecified atom stereocenters. The molecule has 0 radical (unpaired) electrons. The Morgan fingerprint density at radius 1 is 1.30 bits per heavy atom. The summed E-state index contributed by atoms with van der Waals surface area (Å²) in [5, 5.41) is 0. The molecule has 1 aromatic carbocycles. The average molecular weight is 272 g/mol. The van der Waals surface area contributed by atoms with Crippen LogP contribution < -0.4 is 11.3 Å². The second-order valence-electron chi connectivity index (χ2n) is 5.38. The number of nitrogens with zero attached hydrogens (tertiary/aromatic N) is 2. The lowest BCUT2D eigenvalue weighted by molar-refractivity contribution is 0.457. The van der Waals surface area contributed by atoms with Gasteiger partial charge in [-0.25, -0.2) is 4.98 Å². The third kappa shape index (κ3) is 4.18. The van der Waals surface area contributed by atoms with E-state index >= 15 is 0 Å². The molecular weight excluding hydrogens is 248 g/mol. The van der Waals surface area contributed by atoms with Gasteiger partial charge >= 0.3 is 0 Å². The van der Waals surface area contributed by atoms with Crippen molar-refractivity contribution < 1.29 is 0 Å². The lowest BCUT2D eigenvalue weighted by Crippen LogP contribution is -2.36. The van der Waals surface area contributed by atoms with Crippen molar-refractivity contribution in [2.75, 3.05) is 0 Å². The first kappa shape index (κ1) is 14.8. The fraction of sp³-hybridized carbons (Fsp3) is 0.438. The summed E-state index contributed by atoms with van der Waals surface area (Å²) >= 11 is 0. The summed E-state index contributed by atoms with van der Waals surface area (Å²) < 4.78 is 2.06. The van der Waals surface area contributed by atoms with E-state index in [0.29, 0.717) is 6.04 Å². The largest absolute Gasteiger partial charge is 0.338 e. The fourth-order valence-electron chi connectivity index (χ4n) is 2.46. The number of benzene rings is 1. The Balaban J connectivity index is 1.82. The van der Waals surface area contributed by atoms with Crippen LogP contribution in [0, 0.1) is 6.92 Å². The highest BCUT2D eigenvalue weighted by Gasteiger charge is 2.09. The van der Waals surface area contributed by atoms with Crippen LogP contribution in [0.25, 0.3) is 0 Å². The Kier molecular flexibility index (Phi) is 5.32. The van der Waals surface area contributed by atoms with E-state index in [1.807, 2.05) is 19.4 Å². The monoisotopic (exact) mass is 272 g/mol. The molecule has 0 saturated heterocycles. The Hall–Kier alpha value is -1.65. The van der Waals surface area contributed by atoms with Crippen molar-refractivity contribution >= 4 is 0 Å². The van der Waals surface area contributed by atoms with E-state index in [2.05, 4.69) is 46.2 Å². The Bertz CT molecular complexity index is 533. The minimum atomic E-state index is 0.326. The third-order valence-electron chi connectivity index (χ3n) is 3.74. The molecule has 4 heteroatoms. The summed E-state index contributed by atoms with van der Waals surface area (Å²) in [6.07, 6.45) is 7.88. The van der Waals surface area contributed by atoms with Crippen LogP contribution in [0.1, 0.15) is 29.8 Å². The van der Waals surface area contributed by atoms with Gasteiger partial charge in [0.05, 0.1) is 0 Å². The third-order valence-corrected chi connectivity index (χ3v) is 3.74. The van der Waals surface area contributed by atoms with Crippen LogP contribution in [-0.4, -0.2) is 15.6 Å². The normalized spacial score (nSPS) is 12.6. The number of aryl methyl sites for hydroxylation is 4. The smallest absolute Gasteiger partial charge is 0.108 e. The molecule has 2 rings (SSSR count). The first-order valence-corrected chi connectivity index (χ1v) is 7.17. The fourth-order valence-corrected chi connectivity index (χ4v) is 2.46. The highest BCUT2D eigenvalue weighted by Crippen LogP contribution is 2.11.